The summed E-state index contributed by atoms with van der Waals surface area (Å²) in [4.78, 5) is 0. The summed E-state index contributed by atoms with van der Waals surface area (Å²) < 4.78 is 13.8. The van der Waals surface area contributed by atoms with Crippen molar-refractivity contribution < 1.29 is 9.50 Å². The van der Waals surface area contributed by atoms with Gasteiger partial charge in [-0.1, -0.05) is 36.9 Å². The molecule has 1 aromatic carbocycles. The first-order valence-corrected chi connectivity index (χ1v) is 6.86. The van der Waals surface area contributed by atoms with Crippen LogP contribution < -0.4 is 5.73 Å². The molecular formula is C14H19ClFNO. The topological polar surface area (TPSA) is 46.2 Å². The first-order valence-electron chi connectivity index (χ1n) is 6.48. The molecule has 2 rings (SSSR count). The van der Waals surface area contributed by atoms with Gasteiger partial charge in [0.2, 0.25) is 0 Å². The van der Waals surface area contributed by atoms with Gasteiger partial charge in [-0.2, -0.15) is 0 Å². The molecule has 1 saturated carbocycles. The van der Waals surface area contributed by atoms with E-state index in [9.17, 15) is 9.50 Å². The maximum atomic E-state index is 13.8. The van der Waals surface area contributed by atoms with Crippen molar-refractivity contribution in [2.24, 2.45) is 11.7 Å². The smallest absolute Gasteiger partial charge is 0.129 e. The van der Waals surface area contributed by atoms with E-state index in [4.69, 9.17) is 17.3 Å². The molecule has 2 atom stereocenters. The molecule has 0 aliphatic heterocycles. The average molecular weight is 272 g/mol. The summed E-state index contributed by atoms with van der Waals surface area (Å²) in [6.45, 7) is 0. The van der Waals surface area contributed by atoms with Crippen molar-refractivity contribution in [1.82, 2.24) is 0 Å². The number of aliphatic hydroxyl groups is 1. The van der Waals surface area contributed by atoms with Crippen molar-refractivity contribution in [1.29, 1.82) is 0 Å². The fourth-order valence-corrected chi connectivity index (χ4v) is 2.88. The Morgan fingerprint density at radius 3 is 2.56 bits per heavy atom. The van der Waals surface area contributed by atoms with E-state index in [1.807, 2.05) is 0 Å². The van der Waals surface area contributed by atoms with Crippen LogP contribution in [0.15, 0.2) is 18.2 Å². The van der Waals surface area contributed by atoms with Crippen molar-refractivity contribution >= 4 is 11.6 Å². The standard InChI is InChI=1S/C14H19ClFNO/c15-10-6-7-11(12(16)8-10)13(17)14(18)9-4-2-1-3-5-9/h6-9,13-14,18H,1-5,17H2/t13-,14+/m0/s1. The van der Waals surface area contributed by atoms with E-state index in [1.54, 1.807) is 12.1 Å². The van der Waals surface area contributed by atoms with E-state index < -0.39 is 18.0 Å². The van der Waals surface area contributed by atoms with E-state index in [0.717, 1.165) is 25.7 Å². The van der Waals surface area contributed by atoms with Gasteiger partial charge in [-0.3, -0.25) is 0 Å². The summed E-state index contributed by atoms with van der Waals surface area (Å²) in [5.74, 6) is -0.256. The molecule has 100 valence electrons. The Balaban J connectivity index is 2.11. The quantitative estimate of drug-likeness (QED) is 0.885. The Morgan fingerprint density at radius 1 is 1.28 bits per heavy atom. The second kappa shape index (κ2) is 6.00. The lowest BCUT2D eigenvalue weighted by atomic mass is 9.81. The Kier molecular flexibility index (Phi) is 4.60. The van der Waals surface area contributed by atoms with Gasteiger partial charge in [0.15, 0.2) is 0 Å². The molecule has 2 nitrogen and oxygen atoms in total. The van der Waals surface area contributed by atoms with E-state index in [2.05, 4.69) is 0 Å². The third-order valence-electron chi connectivity index (χ3n) is 3.82. The molecule has 0 unspecified atom stereocenters. The summed E-state index contributed by atoms with van der Waals surface area (Å²) in [5, 5.41) is 10.6. The molecule has 1 aliphatic carbocycles. The Morgan fingerprint density at radius 2 is 1.94 bits per heavy atom. The highest BCUT2D eigenvalue weighted by atomic mass is 35.5. The van der Waals surface area contributed by atoms with Gasteiger partial charge in [-0.15, -0.1) is 0 Å². The number of aliphatic hydroxyl groups excluding tert-OH is 1. The Labute approximate surface area is 112 Å². The highest BCUT2D eigenvalue weighted by molar-refractivity contribution is 6.30. The van der Waals surface area contributed by atoms with Crippen LogP contribution in [0, 0.1) is 11.7 Å². The van der Waals surface area contributed by atoms with E-state index >= 15 is 0 Å². The largest absolute Gasteiger partial charge is 0.391 e. The average Bonchev–Trinajstić information content (AvgIpc) is 2.38. The zero-order chi connectivity index (χ0) is 13.1. The maximum absolute atomic E-state index is 13.8. The van der Waals surface area contributed by atoms with Crippen LogP contribution in [0.4, 0.5) is 4.39 Å². The van der Waals surface area contributed by atoms with Crippen LogP contribution in [-0.2, 0) is 0 Å². The molecule has 0 amide bonds. The maximum Gasteiger partial charge on any atom is 0.129 e. The van der Waals surface area contributed by atoms with E-state index in [-0.39, 0.29) is 5.92 Å². The Bertz CT molecular complexity index is 407. The van der Waals surface area contributed by atoms with Crippen molar-refractivity contribution in [3.63, 3.8) is 0 Å². The molecule has 1 aliphatic rings. The first-order chi connectivity index (χ1) is 8.59. The summed E-state index contributed by atoms with van der Waals surface area (Å²) in [7, 11) is 0. The molecule has 0 heterocycles. The van der Waals surface area contributed by atoms with Crippen LogP contribution in [0.5, 0.6) is 0 Å². The monoisotopic (exact) mass is 271 g/mol. The van der Waals surface area contributed by atoms with Crippen molar-refractivity contribution in [3.8, 4) is 0 Å². The number of nitrogens with two attached hydrogens (primary N) is 1. The minimum Gasteiger partial charge on any atom is -0.391 e. The van der Waals surface area contributed by atoms with Crippen LogP contribution in [0.1, 0.15) is 43.7 Å². The van der Waals surface area contributed by atoms with Gasteiger partial charge in [0.25, 0.3) is 0 Å². The summed E-state index contributed by atoms with van der Waals surface area (Å²) in [6, 6.07) is 3.73. The number of rotatable bonds is 3. The lowest BCUT2D eigenvalue weighted by molar-refractivity contribution is 0.0608. The first kappa shape index (κ1) is 13.8. The van der Waals surface area contributed by atoms with E-state index in [0.29, 0.717) is 10.6 Å². The predicted octanol–water partition coefficient (Wildman–Crippen LogP) is 3.42. The number of hydrogen-bond acceptors (Lipinski definition) is 2. The molecular weight excluding hydrogens is 253 g/mol. The van der Waals surface area contributed by atoms with Gasteiger partial charge in [-0.25, -0.2) is 4.39 Å². The van der Waals surface area contributed by atoms with Gasteiger partial charge >= 0.3 is 0 Å². The van der Waals surface area contributed by atoms with Gasteiger partial charge < -0.3 is 10.8 Å². The molecule has 0 saturated heterocycles. The fourth-order valence-electron chi connectivity index (χ4n) is 2.72. The highest BCUT2D eigenvalue weighted by Gasteiger charge is 2.28. The Hall–Kier alpha value is -0.640. The van der Waals surface area contributed by atoms with Crippen LogP contribution in [0.3, 0.4) is 0 Å². The van der Waals surface area contributed by atoms with Crippen LogP contribution in [0.2, 0.25) is 5.02 Å². The molecule has 0 bridgehead atoms. The van der Waals surface area contributed by atoms with Gasteiger partial charge in [0, 0.05) is 10.6 Å². The predicted molar refractivity (Wildman–Crippen MR) is 70.9 cm³/mol. The lowest BCUT2D eigenvalue weighted by Crippen LogP contribution is -2.34. The van der Waals surface area contributed by atoms with Crippen LogP contribution in [-0.4, -0.2) is 11.2 Å². The summed E-state index contributed by atoms with van der Waals surface area (Å²) >= 11 is 5.71. The number of benzene rings is 1. The molecule has 18 heavy (non-hydrogen) atoms. The lowest BCUT2D eigenvalue weighted by Gasteiger charge is -2.30. The molecule has 4 heteroatoms. The fraction of sp³-hybridized carbons (Fsp3) is 0.571. The zero-order valence-corrected chi connectivity index (χ0v) is 11.0. The second-order valence-corrected chi connectivity index (χ2v) is 5.52. The minimum absolute atomic E-state index is 0.184. The van der Waals surface area contributed by atoms with Gasteiger partial charge in [-0.05, 0) is 30.9 Å². The second-order valence-electron chi connectivity index (χ2n) is 5.08. The molecule has 1 fully saturated rings. The molecule has 0 aromatic heterocycles. The molecule has 1 aromatic rings. The summed E-state index contributed by atoms with van der Waals surface area (Å²) in [6.07, 6.45) is 4.73. The highest BCUT2D eigenvalue weighted by Crippen LogP contribution is 2.32. The van der Waals surface area contributed by atoms with Crippen molar-refractivity contribution in [2.45, 2.75) is 44.2 Å². The van der Waals surface area contributed by atoms with Crippen LogP contribution >= 0.6 is 11.6 Å². The molecule has 0 spiro atoms. The van der Waals surface area contributed by atoms with Gasteiger partial charge in [0.05, 0.1) is 12.1 Å². The zero-order valence-electron chi connectivity index (χ0n) is 10.3. The SMILES string of the molecule is N[C@@H](c1ccc(Cl)cc1F)[C@H](O)C1CCCCC1. The third-order valence-corrected chi connectivity index (χ3v) is 4.06. The molecule has 0 radical (unpaired) electrons. The van der Waals surface area contributed by atoms with Crippen molar-refractivity contribution in [3.05, 3.63) is 34.6 Å². The van der Waals surface area contributed by atoms with Crippen molar-refractivity contribution in [2.75, 3.05) is 0 Å². The number of hydrogen-bond donors (Lipinski definition) is 2. The van der Waals surface area contributed by atoms with Gasteiger partial charge in [0.1, 0.15) is 5.82 Å². The van der Waals surface area contributed by atoms with Crippen LogP contribution in [0.25, 0.3) is 0 Å². The normalized spacial score (nSPS) is 20.7. The summed E-state index contributed by atoms with van der Waals surface area (Å²) in [5.41, 5.74) is 6.33. The van der Waals surface area contributed by atoms with E-state index in [1.165, 1.54) is 12.5 Å². The number of halogens is 2. The minimum atomic E-state index is -0.680. The third kappa shape index (κ3) is 3.02. The molecule has 3 N–H and O–H groups in total.